The van der Waals surface area contributed by atoms with Crippen molar-refractivity contribution in [3.05, 3.63) is 0 Å². The van der Waals surface area contributed by atoms with Crippen LogP contribution in [0.15, 0.2) is 5.16 Å². The Labute approximate surface area is 144 Å². The predicted octanol–water partition coefficient (Wildman–Crippen LogP) is 3.09. The zero-order chi connectivity index (χ0) is 17.6. The van der Waals surface area contributed by atoms with Gasteiger partial charge >= 0.3 is 5.97 Å². The second-order valence-corrected chi connectivity index (χ2v) is 7.32. The first-order valence-electron chi connectivity index (χ1n) is 9.02. The van der Waals surface area contributed by atoms with Gasteiger partial charge in [-0.15, -0.1) is 0 Å². The van der Waals surface area contributed by atoms with Crippen LogP contribution in [0.5, 0.6) is 0 Å². The Morgan fingerprint density at radius 3 is 2.50 bits per heavy atom. The lowest BCUT2D eigenvalue weighted by molar-refractivity contribution is -0.144. The van der Waals surface area contributed by atoms with Crippen molar-refractivity contribution in [3.63, 3.8) is 0 Å². The lowest BCUT2D eigenvalue weighted by Gasteiger charge is -2.43. The molecule has 1 saturated carbocycles. The fraction of sp³-hybridized carbons (Fsp3) is 0.833. The molecule has 0 unspecified atom stereocenters. The number of nitrogens with one attached hydrogen (secondary N) is 1. The van der Waals surface area contributed by atoms with Crippen LogP contribution in [0, 0.1) is 0 Å². The van der Waals surface area contributed by atoms with Gasteiger partial charge in [0.1, 0.15) is 5.60 Å². The molecule has 136 valence electrons. The monoisotopic (exact) mass is 338 g/mol. The van der Waals surface area contributed by atoms with Gasteiger partial charge in [0.25, 0.3) is 0 Å². The summed E-state index contributed by atoms with van der Waals surface area (Å²) in [6.45, 7) is 4.09. The van der Waals surface area contributed by atoms with E-state index in [0.717, 1.165) is 44.2 Å². The molecule has 0 aromatic heterocycles. The number of hydrogen-bond donors (Lipinski definition) is 1. The van der Waals surface area contributed by atoms with E-state index in [9.17, 15) is 9.59 Å². The van der Waals surface area contributed by atoms with Crippen molar-refractivity contribution in [2.45, 2.75) is 89.2 Å². The molecule has 1 heterocycles. The molecule has 6 heteroatoms. The van der Waals surface area contributed by atoms with Gasteiger partial charge in [0.15, 0.2) is 0 Å². The highest BCUT2D eigenvalue weighted by Crippen LogP contribution is 2.43. The van der Waals surface area contributed by atoms with E-state index in [4.69, 9.17) is 9.57 Å². The Morgan fingerprint density at radius 1 is 1.25 bits per heavy atom. The maximum absolute atomic E-state index is 12.3. The molecular weight excluding hydrogens is 308 g/mol. The van der Waals surface area contributed by atoms with E-state index in [0.29, 0.717) is 19.3 Å². The number of oxime groups is 1. The van der Waals surface area contributed by atoms with E-state index in [2.05, 4.69) is 17.4 Å². The van der Waals surface area contributed by atoms with Gasteiger partial charge in [0.05, 0.1) is 24.8 Å². The number of carbonyl (C=O) groups excluding carboxylic acids is 2. The minimum Gasteiger partial charge on any atom is -0.469 e. The fourth-order valence-corrected chi connectivity index (χ4v) is 3.75. The number of rotatable bonds is 7. The van der Waals surface area contributed by atoms with Gasteiger partial charge < -0.3 is 14.9 Å². The number of esters is 1. The van der Waals surface area contributed by atoms with Crippen LogP contribution >= 0.6 is 0 Å². The molecule has 24 heavy (non-hydrogen) atoms. The summed E-state index contributed by atoms with van der Waals surface area (Å²) in [6, 6.07) is 0. The normalized spacial score (nSPS) is 29.0. The molecule has 6 nitrogen and oxygen atoms in total. The van der Waals surface area contributed by atoms with E-state index in [1.807, 2.05) is 6.92 Å². The summed E-state index contributed by atoms with van der Waals surface area (Å²) in [7, 11) is 1.39. The van der Waals surface area contributed by atoms with E-state index in [-0.39, 0.29) is 23.9 Å². The minimum absolute atomic E-state index is 0.0306. The average Bonchev–Trinajstić information content (AvgIpc) is 2.92. The predicted molar refractivity (Wildman–Crippen MR) is 91.7 cm³/mol. The van der Waals surface area contributed by atoms with Crippen LogP contribution in [0.4, 0.5) is 0 Å². The first-order valence-corrected chi connectivity index (χ1v) is 9.02. The van der Waals surface area contributed by atoms with Crippen LogP contribution in [0.3, 0.4) is 0 Å². The van der Waals surface area contributed by atoms with Gasteiger partial charge in [0.2, 0.25) is 5.91 Å². The van der Waals surface area contributed by atoms with Crippen molar-refractivity contribution < 1.29 is 19.2 Å². The number of methoxy groups -OCH3 is 1. The summed E-state index contributed by atoms with van der Waals surface area (Å²) in [5.74, 6) is -0.248. The number of unbranched alkanes of at least 4 members (excludes halogenated alkanes) is 2. The van der Waals surface area contributed by atoms with Gasteiger partial charge in [-0.1, -0.05) is 24.9 Å². The van der Waals surface area contributed by atoms with Gasteiger partial charge in [-0.3, -0.25) is 9.59 Å². The fourth-order valence-electron chi connectivity index (χ4n) is 3.75. The van der Waals surface area contributed by atoms with Gasteiger partial charge in [0, 0.05) is 12.8 Å². The zero-order valence-electron chi connectivity index (χ0n) is 15.2. The third kappa shape index (κ3) is 4.71. The van der Waals surface area contributed by atoms with Crippen LogP contribution in [0.25, 0.3) is 0 Å². The lowest BCUT2D eigenvalue weighted by atomic mass is 9.71. The zero-order valence-corrected chi connectivity index (χ0v) is 15.2. The Bertz CT molecular complexity index is 493. The standard InChI is InChI=1S/C18H30N2O4/c1-4-5-6-7-15(21)19-17(13-16(22)23-3)8-10-18(11-9-17)12-14(2)20-24-18/h4-13H2,1-3H3,(H,19,21). The van der Waals surface area contributed by atoms with E-state index in [1.54, 1.807) is 0 Å². The lowest BCUT2D eigenvalue weighted by Crippen LogP contribution is -2.55. The third-order valence-electron chi connectivity index (χ3n) is 5.21. The highest BCUT2D eigenvalue weighted by molar-refractivity contribution is 5.83. The molecule has 0 aromatic rings. The molecule has 0 aromatic carbocycles. The SMILES string of the molecule is CCCCCC(=O)NC1(CC(=O)OC)CCC2(CC1)CC(C)=NO2. The Kier molecular flexibility index (Phi) is 6.24. The number of ether oxygens (including phenoxy) is 1. The summed E-state index contributed by atoms with van der Waals surface area (Å²) >= 11 is 0. The summed E-state index contributed by atoms with van der Waals surface area (Å²) in [4.78, 5) is 29.8. The largest absolute Gasteiger partial charge is 0.469 e. The Balaban J connectivity index is 1.98. The van der Waals surface area contributed by atoms with Crippen LogP contribution in [0.1, 0.15) is 78.1 Å². The Morgan fingerprint density at radius 2 is 1.96 bits per heavy atom. The number of carbonyl (C=O) groups is 2. The number of hydrogen-bond acceptors (Lipinski definition) is 5. The molecule has 0 bridgehead atoms. The molecule has 1 spiro atoms. The molecule has 1 fully saturated rings. The van der Waals surface area contributed by atoms with Crippen molar-refractivity contribution in [2.75, 3.05) is 7.11 Å². The van der Waals surface area contributed by atoms with Crippen molar-refractivity contribution in [1.29, 1.82) is 0 Å². The minimum atomic E-state index is -0.512. The van der Waals surface area contributed by atoms with Crippen LogP contribution in [0.2, 0.25) is 0 Å². The smallest absolute Gasteiger partial charge is 0.307 e. The van der Waals surface area contributed by atoms with Crippen molar-refractivity contribution in [3.8, 4) is 0 Å². The first-order chi connectivity index (χ1) is 11.4. The van der Waals surface area contributed by atoms with Crippen molar-refractivity contribution in [2.24, 2.45) is 5.16 Å². The van der Waals surface area contributed by atoms with Gasteiger partial charge in [-0.05, 0) is 39.0 Å². The van der Waals surface area contributed by atoms with E-state index >= 15 is 0 Å². The topological polar surface area (TPSA) is 77.0 Å². The highest BCUT2D eigenvalue weighted by Gasteiger charge is 2.48. The van der Waals surface area contributed by atoms with E-state index in [1.165, 1.54) is 7.11 Å². The van der Waals surface area contributed by atoms with E-state index < -0.39 is 5.54 Å². The quantitative estimate of drug-likeness (QED) is 0.571. The molecular formula is C18H30N2O4. The second kappa shape index (κ2) is 7.99. The van der Waals surface area contributed by atoms with Gasteiger partial charge in [-0.25, -0.2) is 0 Å². The molecule has 2 rings (SSSR count). The van der Waals surface area contributed by atoms with Crippen LogP contribution in [-0.4, -0.2) is 35.8 Å². The summed E-state index contributed by atoms with van der Waals surface area (Å²) in [5, 5.41) is 7.23. The molecule has 1 amide bonds. The first kappa shape index (κ1) is 18.7. The molecule has 0 radical (unpaired) electrons. The highest BCUT2D eigenvalue weighted by atomic mass is 16.7. The third-order valence-corrected chi connectivity index (χ3v) is 5.21. The second-order valence-electron chi connectivity index (χ2n) is 7.32. The van der Waals surface area contributed by atoms with Crippen molar-refractivity contribution in [1.82, 2.24) is 5.32 Å². The molecule has 1 aliphatic carbocycles. The molecule has 1 aliphatic heterocycles. The van der Waals surface area contributed by atoms with Crippen LogP contribution < -0.4 is 5.32 Å². The average molecular weight is 338 g/mol. The number of amides is 1. The number of nitrogens with zero attached hydrogens (tertiary/aromatic N) is 1. The molecule has 0 atom stereocenters. The van der Waals surface area contributed by atoms with Crippen LogP contribution in [-0.2, 0) is 19.2 Å². The Hall–Kier alpha value is -1.59. The molecule has 2 aliphatic rings. The maximum atomic E-state index is 12.3. The van der Waals surface area contributed by atoms with Gasteiger partial charge in [-0.2, -0.15) is 0 Å². The van der Waals surface area contributed by atoms with Crippen molar-refractivity contribution >= 4 is 17.6 Å². The summed E-state index contributed by atoms with van der Waals surface area (Å²) < 4.78 is 4.85. The molecule has 1 N–H and O–H groups in total. The molecule has 0 saturated heterocycles. The summed E-state index contributed by atoms with van der Waals surface area (Å²) in [6.07, 6.45) is 7.60. The maximum Gasteiger partial charge on any atom is 0.307 e. The summed E-state index contributed by atoms with van der Waals surface area (Å²) in [5.41, 5.74) is 0.261.